The van der Waals surface area contributed by atoms with Crippen molar-refractivity contribution in [3.05, 3.63) is 58.1 Å². The third-order valence-corrected chi connectivity index (χ3v) is 3.20. The van der Waals surface area contributed by atoms with Crippen LogP contribution in [-0.4, -0.2) is 0 Å². The number of benzene rings is 2. The smallest absolute Gasteiger partial charge is 0.103 e. The molecule has 0 unspecified atom stereocenters. The Bertz CT molecular complexity index is 542. The number of hydrogen-bond acceptors (Lipinski definition) is 2. The van der Waals surface area contributed by atoms with Crippen LogP contribution in [0.1, 0.15) is 11.1 Å². The Morgan fingerprint density at radius 2 is 1.53 bits per heavy atom. The predicted molar refractivity (Wildman–Crippen MR) is 74.2 cm³/mol. The fourth-order valence-corrected chi connectivity index (χ4v) is 2.07. The summed E-state index contributed by atoms with van der Waals surface area (Å²) < 4.78 is 0.967. The maximum absolute atomic E-state index is 4.31. The lowest BCUT2D eigenvalue weighted by atomic mass is 10.2. The van der Waals surface area contributed by atoms with Crippen LogP contribution in [0.3, 0.4) is 0 Å². The number of rotatable bonds is 2. The average molecular weight is 289 g/mol. The molecule has 2 aromatic carbocycles. The first-order chi connectivity index (χ1) is 8.18. The molecule has 0 saturated carbocycles. The lowest BCUT2D eigenvalue weighted by Gasteiger charge is -2.02. The molecule has 0 aromatic heterocycles. The highest BCUT2D eigenvalue weighted by atomic mass is 79.9. The molecule has 3 heteroatoms. The summed E-state index contributed by atoms with van der Waals surface area (Å²) in [6.45, 7) is 4.05. The van der Waals surface area contributed by atoms with Gasteiger partial charge < -0.3 is 0 Å². The molecule has 0 N–H and O–H groups in total. The number of halogens is 1. The molecule has 0 fully saturated rings. The molecule has 0 aliphatic rings. The first-order valence-electron chi connectivity index (χ1n) is 5.41. The number of aryl methyl sites for hydroxylation is 2. The van der Waals surface area contributed by atoms with E-state index in [9.17, 15) is 0 Å². The first-order valence-corrected chi connectivity index (χ1v) is 6.20. The van der Waals surface area contributed by atoms with E-state index in [-0.39, 0.29) is 0 Å². The summed E-state index contributed by atoms with van der Waals surface area (Å²) in [4.78, 5) is 0. The summed E-state index contributed by atoms with van der Waals surface area (Å²) >= 11 is 3.49. The lowest BCUT2D eigenvalue weighted by Crippen LogP contribution is -1.76. The Balaban J connectivity index is 2.36. The molecule has 17 heavy (non-hydrogen) atoms. The van der Waals surface area contributed by atoms with Gasteiger partial charge in [-0.05, 0) is 53.0 Å². The minimum Gasteiger partial charge on any atom is -0.150 e. The minimum atomic E-state index is 0.885. The van der Waals surface area contributed by atoms with Crippen LogP contribution in [0.25, 0.3) is 0 Å². The van der Waals surface area contributed by atoms with Crippen LogP contribution in [0.2, 0.25) is 0 Å². The van der Waals surface area contributed by atoms with Crippen LogP contribution >= 0.6 is 15.9 Å². The second-order valence-electron chi connectivity index (χ2n) is 3.89. The molecule has 86 valence electrons. The molecular weight excluding hydrogens is 276 g/mol. The van der Waals surface area contributed by atoms with Crippen LogP contribution in [0, 0.1) is 13.8 Å². The summed E-state index contributed by atoms with van der Waals surface area (Å²) in [6.07, 6.45) is 0. The van der Waals surface area contributed by atoms with E-state index in [0.29, 0.717) is 0 Å². The quantitative estimate of drug-likeness (QED) is 0.654. The molecule has 2 aromatic rings. The van der Waals surface area contributed by atoms with Crippen molar-refractivity contribution in [1.82, 2.24) is 0 Å². The number of nitrogens with zero attached hydrogens (tertiary/aromatic N) is 2. The van der Waals surface area contributed by atoms with Gasteiger partial charge in [0.05, 0.1) is 5.69 Å². The van der Waals surface area contributed by atoms with E-state index in [0.717, 1.165) is 27.0 Å². The van der Waals surface area contributed by atoms with Crippen molar-refractivity contribution in [3.8, 4) is 0 Å². The molecule has 2 nitrogen and oxygen atoms in total. The van der Waals surface area contributed by atoms with Crippen molar-refractivity contribution in [3.63, 3.8) is 0 Å². The van der Waals surface area contributed by atoms with E-state index in [1.807, 2.05) is 56.3 Å². The largest absolute Gasteiger partial charge is 0.150 e. The fraction of sp³-hybridized carbons (Fsp3) is 0.143. The van der Waals surface area contributed by atoms with Crippen molar-refractivity contribution in [2.45, 2.75) is 13.8 Å². The molecule has 0 amide bonds. The summed E-state index contributed by atoms with van der Waals surface area (Å²) in [5, 5.41) is 8.61. The Kier molecular flexibility index (Phi) is 3.69. The zero-order chi connectivity index (χ0) is 12.3. The molecule has 0 aliphatic heterocycles. The van der Waals surface area contributed by atoms with E-state index >= 15 is 0 Å². The van der Waals surface area contributed by atoms with Gasteiger partial charge in [0.1, 0.15) is 5.69 Å². The van der Waals surface area contributed by atoms with E-state index < -0.39 is 0 Å². The normalized spacial score (nSPS) is 11.0. The van der Waals surface area contributed by atoms with Gasteiger partial charge in [-0.1, -0.05) is 30.3 Å². The third-order valence-electron chi connectivity index (χ3n) is 2.56. The van der Waals surface area contributed by atoms with Gasteiger partial charge in [-0.3, -0.25) is 0 Å². The van der Waals surface area contributed by atoms with Gasteiger partial charge in [-0.2, -0.15) is 5.11 Å². The Labute approximate surface area is 110 Å². The van der Waals surface area contributed by atoms with Gasteiger partial charge in [0, 0.05) is 4.47 Å². The second kappa shape index (κ2) is 5.23. The van der Waals surface area contributed by atoms with Crippen molar-refractivity contribution >= 4 is 27.3 Å². The SMILES string of the molecule is Cc1ccccc1N=Nc1c(C)cccc1Br. The van der Waals surface area contributed by atoms with E-state index in [1.54, 1.807) is 0 Å². The van der Waals surface area contributed by atoms with Gasteiger partial charge in [-0.25, -0.2) is 0 Å². The van der Waals surface area contributed by atoms with Crippen molar-refractivity contribution in [2.24, 2.45) is 10.2 Å². The van der Waals surface area contributed by atoms with Gasteiger partial charge >= 0.3 is 0 Å². The first kappa shape index (κ1) is 12.0. The molecule has 2 rings (SSSR count). The summed E-state index contributed by atoms with van der Waals surface area (Å²) in [6, 6.07) is 13.9. The summed E-state index contributed by atoms with van der Waals surface area (Å²) in [7, 11) is 0. The van der Waals surface area contributed by atoms with E-state index in [1.165, 1.54) is 0 Å². The van der Waals surface area contributed by atoms with E-state index in [2.05, 4.69) is 26.2 Å². The van der Waals surface area contributed by atoms with Crippen LogP contribution < -0.4 is 0 Å². The average Bonchev–Trinajstić information content (AvgIpc) is 2.30. The molecule has 0 bridgehead atoms. The minimum absolute atomic E-state index is 0.885. The molecule has 0 radical (unpaired) electrons. The standard InChI is InChI=1S/C14H13BrN2/c1-10-6-3-4-9-13(10)16-17-14-11(2)7-5-8-12(14)15/h3-9H,1-2H3. The summed E-state index contributed by atoms with van der Waals surface area (Å²) in [5.41, 5.74) is 4.02. The molecule has 0 saturated heterocycles. The molecular formula is C14H13BrN2. The zero-order valence-electron chi connectivity index (χ0n) is 9.81. The number of hydrogen-bond donors (Lipinski definition) is 0. The summed E-state index contributed by atoms with van der Waals surface area (Å²) in [5.74, 6) is 0. The maximum Gasteiger partial charge on any atom is 0.103 e. The second-order valence-corrected chi connectivity index (χ2v) is 4.75. The van der Waals surface area contributed by atoms with Crippen molar-refractivity contribution < 1.29 is 0 Å². The lowest BCUT2D eigenvalue weighted by molar-refractivity contribution is 1.18. The molecule has 0 heterocycles. The highest BCUT2D eigenvalue weighted by molar-refractivity contribution is 9.10. The predicted octanol–water partition coefficient (Wildman–Crippen LogP) is 5.48. The van der Waals surface area contributed by atoms with Gasteiger partial charge in [0.25, 0.3) is 0 Å². The zero-order valence-corrected chi connectivity index (χ0v) is 11.4. The van der Waals surface area contributed by atoms with Crippen molar-refractivity contribution in [1.29, 1.82) is 0 Å². The molecule has 0 atom stereocenters. The highest BCUT2D eigenvalue weighted by Crippen LogP contribution is 2.30. The highest BCUT2D eigenvalue weighted by Gasteiger charge is 2.01. The maximum atomic E-state index is 4.31. The van der Waals surface area contributed by atoms with E-state index in [4.69, 9.17) is 0 Å². The van der Waals surface area contributed by atoms with Crippen molar-refractivity contribution in [2.75, 3.05) is 0 Å². The Morgan fingerprint density at radius 3 is 2.24 bits per heavy atom. The van der Waals surface area contributed by atoms with Gasteiger partial charge in [-0.15, -0.1) is 5.11 Å². The monoisotopic (exact) mass is 288 g/mol. The van der Waals surface area contributed by atoms with Crippen LogP contribution in [-0.2, 0) is 0 Å². The van der Waals surface area contributed by atoms with Gasteiger partial charge in [0.2, 0.25) is 0 Å². The Hall–Kier alpha value is -1.48. The Morgan fingerprint density at radius 1 is 0.824 bits per heavy atom. The van der Waals surface area contributed by atoms with Gasteiger partial charge in [0.15, 0.2) is 0 Å². The molecule has 0 aliphatic carbocycles. The molecule has 0 spiro atoms. The van der Waals surface area contributed by atoms with Crippen LogP contribution in [0.15, 0.2) is 57.2 Å². The fourth-order valence-electron chi connectivity index (χ4n) is 1.53. The van der Waals surface area contributed by atoms with Crippen LogP contribution in [0.4, 0.5) is 11.4 Å². The third kappa shape index (κ3) is 2.80. The topological polar surface area (TPSA) is 24.7 Å². The van der Waals surface area contributed by atoms with Crippen LogP contribution in [0.5, 0.6) is 0 Å². The number of azo groups is 1.